The summed E-state index contributed by atoms with van der Waals surface area (Å²) < 4.78 is 24.4. The maximum atomic E-state index is 13.0. The first-order valence-corrected chi connectivity index (χ1v) is 8.27. The Hall–Kier alpha value is -2.73. The molecule has 1 aromatic carbocycles. The summed E-state index contributed by atoms with van der Waals surface area (Å²) in [5, 5.41) is 4.08. The first-order chi connectivity index (χ1) is 12.3. The highest BCUT2D eigenvalue weighted by molar-refractivity contribution is 5.58. The molecule has 1 atom stereocenters. The lowest BCUT2D eigenvalue weighted by molar-refractivity contribution is 0.192. The highest BCUT2D eigenvalue weighted by Crippen LogP contribution is 2.23. The van der Waals surface area contributed by atoms with Crippen LogP contribution in [0.25, 0.3) is 11.3 Å². The van der Waals surface area contributed by atoms with E-state index in [0.717, 1.165) is 42.3 Å². The molecule has 5 nitrogen and oxygen atoms in total. The summed E-state index contributed by atoms with van der Waals surface area (Å²) >= 11 is 0. The third-order valence-corrected chi connectivity index (χ3v) is 4.26. The van der Waals surface area contributed by atoms with Crippen molar-refractivity contribution < 1.29 is 13.7 Å². The Morgan fingerprint density at radius 3 is 2.76 bits per heavy atom. The van der Waals surface area contributed by atoms with Crippen molar-refractivity contribution in [2.24, 2.45) is 0 Å². The zero-order valence-electron chi connectivity index (χ0n) is 13.6. The van der Waals surface area contributed by atoms with Crippen molar-refractivity contribution in [1.29, 1.82) is 0 Å². The summed E-state index contributed by atoms with van der Waals surface area (Å²) in [7, 11) is 0. The lowest BCUT2D eigenvalue weighted by Crippen LogP contribution is -2.24. The molecule has 3 heterocycles. The van der Waals surface area contributed by atoms with Crippen molar-refractivity contribution in [2.45, 2.75) is 19.1 Å². The van der Waals surface area contributed by atoms with E-state index in [4.69, 9.17) is 9.26 Å². The van der Waals surface area contributed by atoms with Gasteiger partial charge in [-0.05, 0) is 42.8 Å². The number of aromatic nitrogens is 2. The predicted molar refractivity (Wildman–Crippen MR) is 90.4 cm³/mol. The average molecular weight is 339 g/mol. The van der Waals surface area contributed by atoms with Crippen LogP contribution in [0.2, 0.25) is 0 Å². The molecule has 0 amide bonds. The fourth-order valence-electron chi connectivity index (χ4n) is 3.01. The van der Waals surface area contributed by atoms with Gasteiger partial charge in [0.2, 0.25) is 0 Å². The van der Waals surface area contributed by atoms with Gasteiger partial charge in [0.1, 0.15) is 23.4 Å². The number of likely N-dealkylation sites (tertiary alicyclic amines) is 1. The SMILES string of the molecule is Fc1ccc(-c2cc(CN3CC[C@@H](Oc4ccncc4)C3)on2)cc1. The van der Waals surface area contributed by atoms with E-state index >= 15 is 0 Å². The van der Waals surface area contributed by atoms with Crippen molar-refractivity contribution in [1.82, 2.24) is 15.0 Å². The molecular formula is C19H18FN3O2. The summed E-state index contributed by atoms with van der Waals surface area (Å²) in [6, 6.07) is 11.9. The molecule has 4 rings (SSSR count). The van der Waals surface area contributed by atoms with Gasteiger partial charge < -0.3 is 9.26 Å². The standard InChI is InChI=1S/C19H18FN3O2/c20-15-3-1-14(2-4-15)19-11-18(25-22-19)13-23-10-7-17(12-23)24-16-5-8-21-9-6-16/h1-6,8-9,11,17H,7,10,12-13H2/t17-/m1/s1. The van der Waals surface area contributed by atoms with Crippen LogP contribution in [-0.2, 0) is 6.54 Å². The molecule has 6 heteroatoms. The molecule has 0 N–H and O–H groups in total. The van der Waals surface area contributed by atoms with Crippen molar-refractivity contribution in [3.05, 3.63) is 66.4 Å². The van der Waals surface area contributed by atoms with Gasteiger partial charge in [-0.15, -0.1) is 0 Å². The molecule has 1 saturated heterocycles. The Labute approximate surface area is 145 Å². The summed E-state index contributed by atoms with van der Waals surface area (Å²) in [6.45, 7) is 2.47. The van der Waals surface area contributed by atoms with Gasteiger partial charge in [0.25, 0.3) is 0 Å². The number of hydrogen-bond acceptors (Lipinski definition) is 5. The normalized spacial score (nSPS) is 17.7. The number of ether oxygens (including phenoxy) is 1. The zero-order chi connectivity index (χ0) is 17.1. The monoisotopic (exact) mass is 339 g/mol. The molecular weight excluding hydrogens is 321 g/mol. The number of nitrogens with zero attached hydrogens (tertiary/aromatic N) is 3. The number of rotatable bonds is 5. The van der Waals surface area contributed by atoms with Gasteiger partial charge in [-0.1, -0.05) is 5.16 Å². The van der Waals surface area contributed by atoms with Crippen LogP contribution in [0.1, 0.15) is 12.2 Å². The van der Waals surface area contributed by atoms with E-state index in [9.17, 15) is 4.39 Å². The van der Waals surface area contributed by atoms with Gasteiger partial charge in [0.05, 0.1) is 6.54 Å². The molecule has 0 saturated carbocycles. The molecule has 1 aliphatic heterocycles. The highest BCUT2D eigenvalue weighted by Gasteiger charge is 2.25. The molecule has 1 aliphatic rings. The second-order valence-electron chi connectivity index (χ2n) is 6.13. The van der Waals surface area contributed by atoms with Crippen molar-refractivity contribution in [3.8, 4) is 17.0 Å². The van der Waals surface area contributed by atoms with Crippen LogP contribution in [0.3, 0.4) is 0 Å². The summed E-state index contributed by atoms with van der Waals surface area (Å²) in [6.07, 6.45) is 4.60. The maximum absolute atomic E-state index is 13.0. The van der Waals surface area contributed by atoms with Crippen LogP contribution in [-0.4, -0.2) is 34.2 Å². The van der Waals surface area contributed by atoms with Crippen LogP contribution in [0, 0.1) is 5.82 Å². The second-order valence-corrected chi connectivity index (χ2v) is 6.13. The zero-order valence-corrected chi connectivity index (χ0v) is 13.6. The van der Waals surface area contributed by atoms with Crippen molar-refractivity contribution in [2.75, 3.05) is 13.1 Å². The van der Waals surface area contributed by atoms with E-state index in [0.29, 0.717) is 6.54 Å². The molecule has 3 aromatic rings. The van der Waals surface area contributed by atoms with Gasteiger partial charge in [0.15, 0.2) is 5.76 Å². The molecule has 2 aromatic heterocycles. The minimum Gasteiger partial charge on any atom is -0.489 e. The largest absolute Gasteiger partial charge is 0.489 e. The molecule has 0 spiro atoms. The highest BCUT2D eigenvalue weighted by atomic mass is 19.1. The van der Waals surface area contributed by atoms with Gasteiger partial charge in [0, 0.05) is 37.1 Å². The fraction of sp³-hybridized carbons (Fsp3) is 0.263. The molecule has 0 radical (unpaired) electrons. The minimum atomic E-state index is -0.259. The first kappa shape index (κ1) is 15.8. The van der Waals surface area contributed by atoms with Gasteiger partial charge >= 0.3 is 0 Å². The van der Waals surface area contributed by atoms with Crippen LogP contribution in [0.5, 0.6) is 5.75 Å². The van der Waals surface area contributed by atoms with E-state index in [1.165, 1.54) is 12.1 Å². The topological polar surface area (TPSA) is 51.4 Å². The third kappa shape index (κ3) is 3.85. The van der Waals surface area contributed by atoms with Gasteiger partial charge in [-0.2, -0.15) is 0 Å². The number of halogens is 1. The van der Waals surface area contributed by atoms with E-state index < -0.39 is 0 Å². The fourth-order valence-corrected chi connectivity index (χ4v) is 3.01. The van der Waals surface area contributed by atoms with E-state index in [2.05, 4.69) is 15.0 Å². The molecule has 128 valence electrons. The minimum absolute atomic E-state index is 0.168. The molecule has 0 unspecified atom stereocenters. The number of benzene rings is 1. The van der Waals surface area contributed by atoms with Crippen LogP contribution in [0.15, 0.2) is 59.4 Å². The Morgan fingerprint density at radius 1 is 1.16 bits per heavy atom. The Kier molecular flexibility index (Phi) is 4.43. The average Bonchev–Trinajstić information content (AvgIpc) is 3.27. The van der Waals surface area contributed by atoms with E-state index in [-0.39, 0.29) is 11.9 Å². The van der Waals surface area contributed by atoms with Gasteiger partial charge in [-0.25, -0.2) is 4.39 Å². The smallest absolute Gasteiger partial charge is 0.151 e. The maximum Gasteiger partial charge on any atom is 0.151 e. The number of pyridine rings is 1. The Balaban J connectivity index is 1.35. The molecule has 0 aliphatic carbocycles. The van der Waals surface area contributed by atoms with E-state index in [1.54, 1.807) is 24.5 Å². The molecule has 25 heavy (non-hydrogen) atoms. The second kappa shape index (κ2) is 7.03. The van der Waals surface area contributed by atoms with E-state index in [1.807, 2.05) is 18.2 Å². The third-order valence-electron chi connectivity index (χ3n) is 4.26. The Bertz CT molecular complexity index is 820. The summed E-state index contributed by atoms with van der Waals surface area (Å²) in [5.41, 5.74) is 1.57. The van der Waals surface area contributed by atoms with Crippen molar-refractivity contribution in [3.63, 3.8) is 0 Å². The predicted octanol–water partition coefficient (Wildman–Crippen LogP) is 3.53. The molecule has 1 fully saturated rings. The van der Waals surface area contributed by atoms with Gasteiger partial charge in [-0.3, -0.25) is 9.88 Å². The lowest BCUT2D eigenvalue weighted by Gasteiger charge is -2.15. The lowest BCUT2D eigenvalue weighted by atomic mass is 10.1. The summed E-state index contributed by atoms with van der Waals surface area (Å²) in [4.78, 5) is 6.27. The number of hydrogen-bond donors (Lipinski definition) is 0. The molecule has 0 bridgehead atoms. The van der Waals surface area contributed by atoms with Crippen molar-refractivity contribution >= 4 is 0 Å². The quantitative estimate of drug-likeness (QED) is 0.712. The van der Waals surface area contributed by atoms with Crippen LogP contribution >= 0.6 is 0 Å². The Morgan fingerprint density at radius 2 is 1.96 bits per heavy atom. The van der Waals surface area contributed by atoms with Crippen LogP contribution in [0.4, 0.5) is 4.39 Å². The van der Waals surface area contributed by atoms with Crippen LogP contribution < -0.4 is 4.74 Å². The summed E-state index contributed by atoms with van der Waals surface area (Å²) in [5.74, 6) is 1.38. The first-order valence-electron chi connectivity index (χ1n) is 8.27.